The number of nitrogens with zero attached hydrogens (tertiary/aromatic N) is 5. The largest absolute Gasteiger partial charge is 0.493 e. The number of hydrogen-bond acceptors (Lipinski definition) is 13. The summed E-state index contributed by atoms with van der Waals surface area (Å²) in [5, 5.41) is 28.7. The third kappa shape index (κ3) is 11.1. The fourth-order valence-electron chi connectivity index (χ4n) is 9.95. The topological polar surface area (TPSA) is 184 Å². The predicted molar refractivity (Wildman–Crippen MR) is 233 cm³/mol. The van der Waals surface area contributed by atoms with Gasteiger partial charge in [0.25, 0.3) is 0 Å². The van der Waals surface area contributed by atoms with Gasteiger partial charge < -0.3 is 38.8 Å². The van der Waals surface area contributed by atoms with Crippen molar-refractivity contribution in [1.82, 2.24) is 19.7 Å². The highest BCUT2D eigenvalue weighted by atomic mass is 16.7. The van der Waals surface area contributed by atoms with Crippen LogP contribution in [0, 0.1) is 29.6 Å². The highest BCUT2D eigenvalue weighted by molar-refractivity contribution is 6.00. The number of Topliss-reactive ketones (excluding diaryl/α,β-unsaturated/α-hetero) is 1. The van der Waals surface area contributed by atoms with E-state index in [9.17, 15) is 24.6 Å². The van der Waals surface area contributed by atoms with Gasteiger partial charge in [-0.3, -0.25) is 14.4 Å². The molecule has 3 aliphatic rings. The Morgan fingerprint density at radius 2 is 1.82 bits per heavy atom. The summed E-state index contributed by atoms with van der Waals surface area (Å²) in [5.74, 6) is -3.91. The average molecular weight is 866 g/mol. The number of aliphatic hydroxyl groups is 2. The minimum atomic E-state index is -1.61. The SMILES string of the molecule is CC/C(OCc1ccc(-n2cccn2)nc1)=C1/CC[C@@H]2[C@@H](C)C(=NC(C)=O)[C@H](C)C[C@@](C)(OC1)[C@H](O[C@@H]1O[C@H](C)C[C@H](N(C)C)[C@H]1O)[C@@H](C)C(=O)[C@@H](C)C(=O)O[C@H](CC)[C@@]2(C)O. The van der Waals surface area contributed by atoms with Crippen LogP contribution in [-0.2, 0) is 44.7 Å². The summed E-state index contributed by atoms with van der Waals surface area (Å²) in [6.45, 7) is 18.2. The van der Waals surface area contributed by atoms with Gasteiger partial charge in [0.05, 0.1) is 30.2 Å². The van der Waals surface area contributed by atoms with E-state index in [0.717, 1.165) is 11.1 Å². The van der Waals surface area contributed by atoms with Gasteiger partial charge in [0.2, 0.25) is 5.91 Å². The Kier molecular flexibility index (Phi) is 16.5. The zero-order chi connectivity index (χ0) is 45.7. The number of fused-ring (bicyclic) bond motifs is 5. The molecule has 0 aromatic carbocycles. The number of rotatable bonds is 9. The van der Waals surface area contributed by atoms with Crippen LogP contribution >= 0.6 is 0 Å². The van der Waals surface area contributed by atoms with Gasteiger partial charge >= 0.3 is 5.97 Å². The molecule has 15 heteroatoms. The van der Waals surface area contributed by atoms with E-state index >= 15 is 0 Å². The lowest BCUT2D eigenvalue weighted by atomic mass is 9.68. The molecule has 2 aromatic heterocycles. The van der Waals surface area contributed by atoms with E-state index in [-0.39, 0.29) is 38.2 Å². The van der Waals surface area contributed by atoms with E-state index in [1.807, 2.05) is 84.9 Å². The zero-order valence-electron chi connectivity index (χ0n) is 38.9. The lowest BCUT2D eigenvalue weighted by Gasteiger charge is -2.47. The van der Waals surface area contributed by atoms with Crippen molar-refractivity contribution in [2.24, 2.45) is 34.6 Å². The number of hydrogen-bond donors (Lipinski definition) is 2. The second-order valence-corrected chi connectivity index (χ2v) is 18.4. The number of carbonyl (C=O) groups is 3. The Hall–Kier alpha value is -3.86. The number of esters is 1. The number of aromatic nitrogens is 3. The molecule has 2 N–H and O–H groups in total. The molecular weight excluding hydrogens is 795 g/mol. The molecule has 2 aromatic rings. The molecule has 5 heterocycles. The van der Waals surface area contributed by atoms with Gasteiger partial charge in [-0.15, -0.1) is 0 Å². The predicted octanol–water partition coefficient (Wildman–Crippen LogP) is 6.02. The van der Waals surface area contributed by atoms with Gasteiger partial charge in [0.1, 0.15) is 30.3 Å². The van der Waals surface area contributed by atoms with Crippen LogP contribution in [0.4, 0.5) is 0 Å². The smallest absolute Gasteiger partial charge is 0.316 e. The van der Waals surface area contributed by atoms with Crippen molar-refractivity contribution in [2.45, 2.75) is 162 Å². The fraction of sp³-hybridized carbons (Fsp3) is 0.702. The Morgan fingerprint density at radius 1 is 1.10 bits per heavy atom. The average Bonchev–Trinajstić information content (AvgIpc) is 3.77. The van der Waals surface area contributed by atoms with Crippen molar-refractivity contribution in [2.75, 3.05) is 20.7 Å². The Bertz CT molecular complexity index is 1900. The number of aliphatic imine (C=N–C) groups is 1. The van der Waals surface area contributed by atoms with Crippen molar-refractivity contribution >= 4 is 23.4 Å². The first-order valence-corrected chi connectivity index (χ1v) is 22.4. The lowest BCUT2D eigenvalue weighted by molar-refractivity contribution is -0.296. The van der Waals surface area contributed by atoms with Crippen LogP contribution in [0.25, 0.3) is 5.82 Å². The molecule has 15 nitrogen and oxygen atoms in total. The maximum atomic E-state index is 14.6. The van der Waals surface area contributed by atoms with Crippen molar-refractivity contribution in [3.05, 3.63) is 53.7 Å². The normalized spacial score (nSPS) is 37.0. The lowest BCUT2D eigenvalue weighted by Crippen LogP contribution is -2.59. The standard InChI is InChI=1S/C47H71N5O10/c1-13-37(58-25-33-16-19-39(48-24-33)52-21-15-20-49-52)34-17-18-35-29(5)40(50-32(8)53)27(3)23-46(9,59-26-34)43(62-45-42(55)36(51(11)12)22-28(4)60-45)30(6)41(54)31(7)44(56)61-38(14-2)47(35,10)57/h15-16,19-21,24,27-31,35-36,38,42-43,45,55,57H,13-14,17-18,22-23,25-26H2,1-12H3/b37-34+,50-40?/t27-,28-,29-,30+,31-,35-,36+,38-,42-,43-,45+,46-,47+/m1/s1. The van der Waals surface area contributed by atoms with Crippen molar-refractivity contribution in [3.63, 3.8) is 0 Å². The summed E-state index contributed by atoms with van der Waals surface area (Å²) in [7, 11) is 3.78. The van der Waals surface area contributed by atoms with E-state index in [1.165, 1.54) is 13.8 Å². The highest BCUT2D eigenvalue weighted by Gasteiger charge is 2.52. The number of carbonyl (C=O) groups excluding carboxylic acids is 3. The van der Waals surface area contributed by atoms with E-state index < -0.39 is 83.1 Å². The maximum absolute atomic E-state index is 14.6. The molecule has 1 amide bonds. The monoisotopic (exact) mass is 866 g/mol. The number of likely N-dealkylation sites (N-methyl/N-ethyl adjacent to an activating group) is 1. The maximum Gasteiger partial charge on any atom is 0.316 e. The fourth-order valence-corrected chi connectivity index (χ4v) is 9.95. The van der Waals surface area contributed by atoms with Crippen LogP contribution < -0.4 is 0 Å². The van der Waals surface area contributed by atoms with E-state index in [4.69, 9.17) is 23.7 Å². The molecule has 0 spiro atoms. The van der Waals surface area contributed by atoms with E-state index in [0.29, 0.717) is 43.0 Å². The van der Waals surface area contributed by atoms with Crippen LogP contribution in [0.1, 0.15) is 113 Å². The second-order valence-electron chi connectivity index (χ2n) is 18.4. The van der Waals surface area contributed by atoms with Gasteiger partial charge in [-0.1, -0.05) is 40.7 Å². The minimum Gasteiger partial charge on any atom is -0.493 e. The Labute approximate surface area is 367 Å². The Morgan fingerprint density at radius 3 is 2.42 bits per heavy atom. The van der Waals surface area contributed by atoms with Gasteiger partial charge in [-0.05, 0) is 103 Å². The number of amides is 1. The molecule has 5 rings (SSSR count). The van der Waals surface area contributed by atoms with Gasteiger partial charge in [-0.25, -0.2) is 14.7 Å². The van der Waals surface area contributed by atoms with Crippen molar-refractivity contribution in [3.8, 4) is 5.82 Å². The number of pyridine rings is 1. The number of allylic oxidation sites excluding steroid dienone is 1. The summed E-state index contributed by atoms with van der Waals surface area (Å²) in [6, 6.07) is 5.35. The molecule has 0 unspecified atom stereocenters. The molecule has 2 bridgehead atoms. The van der Waals surface area contributed by atoms with E-state index in [2.05, 4.69) is 15.1 Å². The molecular formula is C47H71N5O10. The summed E-state index contributed by atoms with van der Waals surface area (Å²) in [6.07, 6.45) is 3.06. The molecule has 3 aliphatic heterocycles. The summed E-state index contributed by atoms with van der Waals surface area (Å²) in [5.41, 5.74) is -0.684. The molecule has 0 saturated carbocycles. The van der Waals surface area contributed by atoms with Crippen LogP contribution in [-0.4, -0.2) is 122 Å². The Balaban J connectivity index is 1.69. The van der Waals surface area contributed by atoms with Gasteiger partial charge in [-0.2, -0.15) is 5.10 Å². The van der Waals surface area contributed by atoms with Crippen LogP contribution in [0.2, 0.25) is 0 Å². The quantitative estimate of drug-likeness (QED) is 0.170. The first-order valence-electron chi connectivity index (χ1n) is 22.4. The summed E-state index contributed by atoms with van der Waals surface area (Å²) < 4.78 is 34.8. The minimum absolute atomic E-state index is 0.0685. The molecule has 3 saturated heterocycles. The highest BCUT2D eigenvalue weighted by Crippen LogP contribution is 2.43. The molecule has 13 atom stereocenters. The van der Waals surface area contributed by atoms with Gasteiger partial charge in [0, 0.05) is 61.1 Å². The second kappa shape index (κ2) is 20.8. The van der Waals surface area contributed by atoms with Crippen LogP contribution in [0.15, 0.2) is 53.1 Å². The van der Waals surface area contributed by atoms with Crippen molar-refractivity contribution < 1.29 is 48.3 Å². The van der Waals surface area contributed by atoms with Crippen LogP contribution in [0.3, 0.4) is 0 Å². The first-order chi connectivity index (χ1) is 29.2. The van der Waals surface area contributed by atoms with Crippen molar-refractivity contribution in [1.29, 1.82) is 0 Å². The first kappa shape index (κ1) is 49.2. The summed E-state index contributed by atoms with van der Waals surface area (Å²) >= 11 is 0. The third-order valence-electron chi connectivity index (χ3n) is 13.5. The molecule has 0 radical (unpaired) electrons. The van der Waals surface area contributed by atoms with E-state index in [1.54, 1.807) is 30.9 Å². The number of ether oxygens (including phenoxy) is 5. The molecule has 3 fully saturated rings. The number of cyclic esters (lactones) is 1. The summed E-state index contributed by atoms with van der Waals surface area (Å²) in [4.78, 5) is 52.8. The number of aliphatic hydroxyl groups excluding tert-OH is 1. The van der Waals surface area contributed by atoms with Crippen LogP contribution in [0.5, 0.6) is 0 Å². The van der Waals surface area contributed by atoms with Gasteiger partial charge in [0.15, 0.2) is 17.9 Å². The number of ketones is 1. The third-order valence-corrected chi connectivity index (χ3v) is 13.5. The molecule has 0 aliphatic carbocycles. The zero-order valence-corrected chi connectivity index (χ0v) is 38.9. The molecule has 62 heavy (non-hydrogen) atoms. The molecule has 344 valence electrons.